The van der Waals surface area contributed by atoms with E-state index < -0.39 is 18.3 Å². The van der Waals surface area contributed by atoms with Crippen molar-refractivity contribution in [3.63, 3.8) is 0 Å². The molecule has 0 aliphatic carbocycles. The summed E-state index contributed by atoms with van der Waals surface area (Å²) in [7, 11) is 0. The number of amides is 1. The molecule has 1 aromatic heterocycles. The molecule has 28 heavy (non-hydrogen) atoms. The van der Waals surface area contributed by atoms with Crippen LogP contribution in [0.25, 0.3) is 21.8 Å². The number of hydrogen-bond acceptors (Lipinski definition) is 2. The van der Waals surface area contributed by atoms with Crippen LogP contribution >= 0.6 is 0 Å². The minimum Gasteiger partial charge on any atom is -0.434 e. The molecule has 0 aliphatic heterocycles. The van der Waals surface area contributed by atoms with Gasteiger partial charge in [-0.1, -0.05) is 30.3 Å². The van der Waals surface area contributed by atoms with Crippen LogP contribution in [0.2, 0.25) is 0 Å². The van der Waals surface area contributed by atoms with Crippen LogP contribution < -0.4 is 10.5 Å². The molecule has 2 N–H and O–H groups in total. The average Bonchev–Trinajstić information content (AvgIpc) is 2.98. The largest absolute Gasteiger partial charge is 0.434 e. The molecule has 4 nitrogen and oxygen atoms in total. The summed E-state index contributed by atoms with van der Waals surface area (Å²) in [6, 6.07) is 16.8. The zero-order valence-electron chi connectivity index (χ0n) is 14.5. The van der Waals surface area contributed by atoms with Gasteiger partial charge in [-0.25, -0.2) is 4.39 Å². The summed E-state index contributed by atoms with van der Waals surface area (Å²) >= 11 is 0. The van der Waals surface area contributed by atoms with Gasteiger partial charge in [0.1, 0.15) is 11.6 Å². The molecule has 0 spiro atoms. The number of carbonyl (C=O) groups excluding carboxylic acids is 1. The Morgan fingerprint density at radius 1 is 1.14 bits per heavy atom. The minimum absolute atomic E-state index is 0.00104. The molecule has 0 atom stereocenters. The molecule has 0 aliphatic rings. The Morgan fingerprint density at radius 3 is 2.68 bits per heavy atom. The molecule has 0 saturated carbocycles. The van der Waals surface area contributed by atoms with Crippen molar-refractivity contribution < 1.29 is 22.7 Å². The second-order valence-corrected chi connectivity index (χ2v) is 6.19. The number of hydrogen-bond donors (Lipinski definition) is 1. The number of alkyl halides is 2. The molecule has 141 valence electrons. The number of nitrogens with two attached hydrogens (primary N) is 1. The summed E-state index contributed by atoms with van der Waals surface area (Å²) in [4.78, 5) is 11.9. The first-order valence-electron chi connectivity index (χ1n) is 8.41. The Kier molecular flexibility index (Phi) is 4.43. The Labute approximate surface area is 157 Å². The summed E-state index contributed by atoms with van der Waals surface area (Å²) in [5.74, 6) is -1.17. The van der Waals surface area contributed by atoms with E-state index in [1.807, 2.05) is 0 Å². The first kappa shape index (κ1) is 17.9. The first-order chi connectivity index (χ1) is 13.5. The number of carbonyl (C=O) groups is 1. The average molecular weight is 383 g/mol. The van der Waals surface area contributed by atoms with Crippen molar-refractivity contribution in [2.24, 2.45) is 5.73 Å². The zero-order valence-corrected chi connectivity index (χ0v) is 14.5. The number of halogens is 3. The lowest BCUT2D eigenvalue weighted by Gasteiger charge is -2.13. The standard InChI is InChI=1S/C21H14F3N2O2/c22-15-8-3-6-13-18-14(20(25)27)7-4-9-16(18)26(19(13)15)11-12-5-1-2-10-17(12)28-21(23)24/h1-5,7-10,21H,11H2,(H2,25,27). The molecule has 0 saturated heterocycles. The van der Waals surface area contributed by atoms with Crippen molar-refractivity contribution in [1.82, 2.24) is 4.57 Å². The summed E-state index contributed by atoms with van der Waals surface area (Å²) in [5.41, 5.74) is 6.91. The lowest BCUT2D eigenvalue weighted by atomic mass is 10.1. The number of nitrogens with zero attached hydrogens (tertiary/aromatic N) is 1. The van der Waals surface area contributed by atoms with Crippen LogP contribution in [0.1, 0.15) is 15.9 Å². The molecular formula is C21H14F3N2O2. The molecule has 0 unspecified atom stereocenters. The van der Waals surface area contributed by atoms with Crippen molar-refractivity contribution in [2.75, 3.05) is 0 Å². The molecule has 4 aromatic rings. The van der Waals surface area contributed by atoms with Gasteiger partial charge in [0.05, 0.1) is 17.6 Å². The third-order valence-corrected chi connectivity index (χ3v) is 4.56. The van der Waals surface area contributed by atoms with Crippen molar-refractivity contribution in [3.8, 4) is 5.75 Å². The van der Waals surface area contributed by atoms with Gasteiger partial charge in [-0.3, -0.25) is 4.79 Å². The molecule has 0 fully saturated rings. The minimum atomic E-state index is -2.98. The van der Waals surface area contributed by atoms with Crippen molar-refractivity contribution >= 4 is 27.7 Å². The summed E-state index contributed by atoms with van der Waals surface area (Å²) in [5, 5.41) is 0.869. The van der Waals surface area contributed by atoms with E-state index in [9.17, 15) is 18.0 Å². The number of aromatic nitrogens is 1. The second kappa shape index (κ2) is 6.92. The highest BCUT2D eigenvalue weighted by Gasteiger charge is 2.20. The Balaban J connectivity index is 2.00. The van der Waals surface area contributed by atoms with E-state index in [2.05, 4.69) is 10.8 Å². The molecule has 3 aromatic carbocycles. The second-order valence-electron chi connectivity index (χ2n) is 6.19. The maximum atomic E-state index is 14.7. The van der Waals surface area contributed by atoms with Crippen LogP contribution in [0.4, 0.5) is 13.2 Å². The lowest BCUT2D eigenvalue weighted by Crippen LogP contribution is -2.11. The Morgan fingerprint density at radius 2 is 1.93 bits per heavy atom. The predicted molar refractivity (Wildman–Crippen MR) is 98.9 cm³/mol. The fraction of sp³-hybridized carbons (Fsp3) is 0.0952. The van der Waals surface area contributed by atoms with E-state index in [0.29, 0.717) is 21.9 Å². The van der Waals surface area contributed by atoms with Crippen LogP contribution in [0, 0.1) is 11.9 Å². The normalized spacial score (nSPS) is 11.4. The van der Waals surface area contributed by atoms with Crippen LogP contribution in [-0.4, -0.2) is 17.1 Å². The fourth-order valence-electron chi connectivity index (χ4n) is 3.45. The molecule has 4 rings (SSSR count). The van der Waals surface area contributed by atoms with Crippen LogP contribution in [0.5, 0.6) is 5.75 Å². The smallest absolute Gasteiger partial charge is 0.387 e. The summed E-state index contributed by atoms with van der Waals surface area (Å²) in [6.45, 7) is -2.93. The van der Waals surface area contributed by atoms with E-state index >= 15 is 0 Å². The number of fused-ring (bicyclic) bond motifs is 3. The number of primary amides is 1. The monoisotopic (exact) mass is 383 g/mol. The van der Waals surface area contributed by atoms with Gasteiger partial charge in [0, 0.05) is 21.9 Å². The highest BCUT2D eigenvalue weighted by Crippen LogP contribution is 2.34. The number of rotatable bonds is 5. The van der Waals surface area contributed by atoms with Gasteiger partial charge in [0.25, 0.3) is 0 Å². The Hall–Kier alpha value is -3.48. The van der Waals surface area contributed by atoms with Gasteiger partial charge in [-0.15, -0.1) is 0 Å². The van der Waals surface area contributed by atoms with Gasteiger partial charge in [0.15, 0.2) is 0 Å². The maximum absolute atomic E-state index is 14.7. The van der Waals surface area contributed by atoms with Gasteiger partial charge in [-0.05, 0) is 30.3 Å². The van der Waals surface area contributed by atoms with Gasteiger partial charge >= 0.3 is 6.61 Å². The van der Waals surface area contributed by atoms with E-state index in [0.717, 1.165) is 0 Å². The molecular weight excluding hydrogens is 369 g/mol. The fourth-order valence-corrected chi connectivity index (χ4v) is 3.45. The SMILES string of the molecule is NC(=O)c1cccc2c1c1[c]ccc(F)c1n2Cc1ccccc1OC(F)F. The van der Waals surface area contributed by atoms with Gasteiger partial charge in [0.2, 0.25) is 5.91 Å². The molecule has 7 heteroatoms. The van der Waals surface area contributed by atoms with Crippen LogP contribution in [0.15, 0.2) is 54.6 Å². The highest BCUT2D eigenvalue weighted by molar-refractivity contribution is 6.17. The summed E-state index contributed by atoms with van der Waals surface area (Å²) in [6.07, 6.45) is 0. The maximum Gasteiger partial charge on any atom is 0.387 e. The number of para-hydroxylation sites is 1. The zero-order chi connectivity index (χ0) is 19.8. The van der Waals surface area contributed by atoms with E-state index in [1.165, 1.54) is 18.2 Å². The highest BCUT2D eigenvalue weighted by atomic mass is 19.3. The van der Waals surface area contributed by atoms with E-state index in [-0.39, 0.29) is 23.4 Å². The third-order valence-electron chi connectivity index (χ3n) is 4.56. The predicted octanol–water partition coefficient (Wildman–Crippen LogP) is 4.48. The van der Waals surface area contributed by atoms with Gasteiger partial charge in [-0.2, -0.15) is 8.78 Å². The molecule has 1 radical (unpaired) electrons. The number of ether oxygens (including phenoxy) is 1. The third kappa shape index (κ3) is 2.94. The van der Waals surface area contributed by atoms with Gasteiger partial charge < -0.3 is 15.0 Å². The lowest BCUT2D eigenvalue weighted by molar-refractivity contribution is -0.0504. The topological polar surface area (TPSA) is 57.2 Å². The van der Waals surface area contributed by atoms with Crippen LogP contribution in [0.3, 0.4) is 0 Å². The summed E-state index contributed by atoms with van der Waals surface area (Å²) < 4.78 is 46.4. The molecule has 0 bridgehead atoms. The van der Waals surface area contributed by atoms with Crippen molar-refractivity contribution in [3.05, 3.63) is 77.6 Å². The number of benzene rings is 3. The first-order valence-corrected chi connectivity index (χ1v) is 8.41. The molecule has 1 heterocycles. The van der Waals surface area contributed by atoms with Crippen molar-refractivity contribution in [1.29, 1.82) is 0 Å². The Bertz CT molecular complexity index is 1200. The molecule has 1 amide bonds. The van der Waals surface area contributed by atoms with Crippen LogP contribution in [-0.2, 0) is 6.54 Å². The van der Waals surface area contributed by atoms with E-state index in [1.54, 1.807) is 41.0 Å². The quantitative estimate of drug-likeness (QED) is 0.552. The van der Waals surface area contributed by atoms with Crippen molar-refractivity contribution in [2.45, 2.75) is 13.2 Å². The van der Waals surface area contributed by atoms with E-state index in [4.69, 9.17) is 5.73 Å².